The highest BCUT2D eigenvalue weighted by Crippen LogP contribution is 2.26. The average Bonchev–Trinajstić information content (AvgIpc) is 2.75. The molecule has 1 N–H and O–H groups in total. The van der Waals surface area contributed by atoms with Crippen LogP contribution >= 0.6 is 11.5 Å². The molecule has 96 valence electrons. The zero-order valence-electron chi connectivity index (χ0n) is 11.1. The van der Waals surface area contributed by atoms with Gasteiger partial charge in [-0.2, -0.15) is 4.37 Å². The Hall–Kier alpha value is -1.42. The minimum Gasteiger partial charge on any atom is -0.353 e. The highest BCUT2D eigenvalue weighted by molar-refractivity contribution is 7.09. The SMILES string of the molecule is Cc1nsc(NC(CC(C)C)c2ccccc2)n1. The van der Waals surface area contributed by atoms with Crippen molar-refractivity contribution >= 4 is 16.7 Å². The van der Waals surface area contributed by atoms with E-state index in [4.69, 9.17) is 0 Å². The molecule has 1 unspecified atom stereocenters. The standard InChI is InChI=1S/C14H19N3S/c1-10(2)9-13(12-7-5-4-6-8-12)16-14-15-11(3)17-18-14/h4-8,10,13H,9H2,1-3H3,(H,15,16,17). The second kappa shape index (κ2) is 5.96. The average molecular weight is 261 g/mol. The molecule has 1 aromatic heterocycles. The molecular weight excluding hydrogens is 242 g/mol. The van der Waals surface area contributed by atoms with Crippen LogP contribution in [0, 0.1) is 12.8 Å². The third-order valence-electron chi connectivity index (χ3n) is 2.73. The van der Waals surface area contributed by atoms with Crippen LogP contribution < -0.4 is 5.32 Å². The number of benzene rings is 1. The van der Waals surface area contributed by atoms with Crippen molar-refractivity contribution in [2.75, 3.05) is 5.32 Å². The largest absolute Gasteiger partial charge is 0.353 e. The second-order valence-corrected chi connectivity index (χ2v) is 5.64. The zero-order chi connectivity index (χ0) is 13.0. The van der Waals surface area contributed by atoms with E-state index in [2.05, 4.69) is 52.8 Å². The quantitative estimate of drug-likeness (QED) is 0.882. The fraction of sp³-hybridized carbons (Fsp3) is 0.429. The molecule has 2 rings (SSSR count). The lowest BCUT2D eigenvalue weighted by Gasteiger charge is -2.20. The third-order valence-corrected chi connectivity index (χ3v) is 3.47. The van der Waals surface area contributed by atoms with Crippen LogP contribution in [-0.2, 0) is 0 Å². The summed E-state index contributed by atoms with van der Waals surface area (Å²) < 4.78 is 4.21. The summed E-state index contributed by atoms with van der Waals surface area (Å²) in [6, 6.07) is 10.8. The van der Waals surface area contributed by atoms with Gasteiger partial charge in [-0.05, 0) is 24.8 Å². The van der Waals surface area contributed by atoms with Gasteiger partial charge in [0.2, 0.25) is 5.13 Å². The smallest absolute Gasteiger partial charge is 0.203 e. The normalized spacial score (nSPS) is 12.7. The maximum Gasteiger partial charge on any atom is 0.203 e. The number of aromatic nitrogens is 2. The Morgan fingerprint density at radius 3 is 2.50 bits per heavy atom. The highest BCUT2D eigenvalue weighted by Gasteiger charge is 2.14. The van der Waals surface area contributed by atoms with Gasteiger partial charge in [0, 0.05) is 11.5 Å². The molecule has 0 amide bonds. The minimum atomic E-state index is 0.304. The summed E-state index contributed by atoms with van der Waals surface area (Å²) in [5, 5.41) is 4.40. The van der Waals surface area contributed by atoms with Crippen molar-refractivity contribution in [2.24, 2.45) is 5.92 Å². The molecule has 0 aliphatic heterocycles. The summed E-state index contributed by atoms with van der Waals surface area (Å²) >= 11 is 1.43. The Bertz CT molecular complexity index is 479. The van der Waals surface area contributed by atoms with Gasteiger partial charge in [0.25, 0.3) is 0 Å². The maximum atomic E-state index is 4.38. The molecule has 1 atom stereocenters. The summed E-state index contributed by atoms with van der Waals surface area (Å²) in [4.78, 5) is 4.38. The van der Waals surface area contributed by atoms with E-state index in [1.165, 1.54) is 17.1 Å². The molecule has 1 heterocycles. The predicted molar refractivity (Wildman–Crippen MR) is 76.9 cm³/mol. The van der Waals surface area contributed by atoms with Gasteiger partial charge in [0.05, 0.1) is 6.04 Å². The van der Waals surface area contributed by atoms with Crippen LogP contribution in [0.25, 0.3) is 0 Å². The van der Waals surface area contributed by atoms with Crippen molar-refractivity contribution in [2.45, 2.75) is 33.2 Å². The number of rotatable bonds is 5. The predicted octanol–water partition coefficient (Wildman–Crippen LogP) is 4.05. The fourth-order valence-corrected chi connectivity index (χ4v) is 2.57. The topological polar surface area (TPSA) is 37.8 Å². The number of aryl methyl sites for hydroxylation is 1. The van der Waals surface area contributed by atoms with Gasteiger partial charge in [-0.25, -0.2) is 4.98 Å². The minimum absolute atomic E-state index is 0.304. The Kier molecular flexibility index (Phi) is 4.31. The van der Waals surface area contributed by atoms with Gasteiger partial charge in [0.15, 0.2) is 0 Å². The second-order valence-electron chi connectivity index (χ2n) is 4.88. The third kappa shape index (κ3) is 3.53. The van der Waals surface area contributed by atoms with Crippen LogP contribution in [0.5, 0.6) is 0 Å². The van der Waals surface area contributed by atoms with Gasteiger partial charge >= 0.3 is 0 Å². The molecular formula is C14H19N3S. The number of hydrogen-bond acceptors (Lipinski definition) is 4. The maximum absolute atomic E-state index is 4.38. The van der Waals surface area contributed by atoms with Crippen LogP contribution in [0.2, 0.25) is 0 Å². The summed E-state index contributed by atoms with van der Waals surface area (Å²) in [6.07, 6.45) is 1.09. The summed E-state index contributed by atoms with van der Waals surface area (Å²) in [6.45, 7) is 6.40. The monoisotopic (exact) mass is 261 g/mol. The van der Waals surface area contributed by atoms with E-state index in [1.54, 1.807) is 0 Å². The zero-order valence-corrected chi connectivity index (χ0v) is 11.9. The van der Waals surface area contributed by atoms with E-state index in [9.17, 15) is 0 Å². The van der Waals surface area contributed by atoms with E-state index in [0.717, 1.165) is 17.4 Å². The van der Waals surface area contributed by atoms with E-state index < -0.39 is 0 Å². The molecule has 18 heavy (non-hydrogen) atoms. The molecule has 4 heteroatoms. The van der Waals surface area contributed by atoms with Crippen LogP contribution in [0.1, 0.15) is 37.7 Å². The Balaban J connectivity index is 2.15. The Labute approximate surface area is 112 Å². The number of nitrogens with zero attached hydrogens (tertiary/aromatic N) is 2. The van der Waals surface area contributed by atoms with Gasteiger partial charge in [-0.3, -0.25) is 0 Å². The van der Waals surface area contributed by atoms with E-state index in [0.29, 0.717) is 12.0 Å². The van der Waals surface area contributed by atoms with Crippen molar-refractivity contribution < 1.29 is 0 Å². The molecule has 0 spiro atoms. The first kappa shape index (κ1) is 13.0. The van der Waals surface area contributed by atoms with Crippen LogP contribution in [0.3, 0.4) is 0 Å². The van der Waals surface area contributed by atoms with Gasteiger partial charge in [0.1, 0.15) is 5.82 Å². The molecule has 2 aromatic rings. The van der Waals surface area contributed by atoms with E-state index >= 15 is 0 Å². The molecule has 0 aliphatic rings. The molecule has 1 aromatic carbocycles. The van der Waals surface area contributed by atoms with Crippen molar-refractivity contribution in [3.05, 3.63) is 41.7 Å². The molecule has 3 nitrogen and oxygen atoms in total. The number of anilines is 1. The van der Waals surface area contributed by atoms with Crippen LogP contribution in [0.4, 0.5) is 5.13 Å². The lowest BCUT2D eigenvalue weighted by atomic mass is 9.97. The lowest BCUT2D eigenvalue weighted by Crippen LogP contribution is -2.13. The fourth-order valence-electron chi connectivity index (χ4n) is 1.94. The Morgan fingerprint density at radius 1 is 1.22 bits per heavy atom. The number of hydrogen-bond donors (Lipinski definition) is 1. The molecule has 0 saturated heterocycles. The van der Waals surface area contributed by atoms with Crippen molar-refractivity contribution in [3.8, 4) is 0 Å². The number of nitrogens with one attached hydrogen (secondary N) is 1. The van der Waals surface area contributed by atoms with Crippen LogP contribution in [-0.4, -0.2) is 9.36 Å². The summed E-state index contributed by atoms with van der Waals surface area (Å²) in [5.41, 5.74) is 1.30. The lowest BCUT2D eigenvalue weighted by molar-refractivity contribution is 0.531. The van der Waals surface area contributed by atoms with E-state index in [1.807, 2.05) is 13.0 Å². The highest BCUT2D eigenvalue weighted by atomic mass is 32.1. The summed E-state index contributed by atoms with van der Waals surface area (Å²) in [7, 11) is 0. The van der Waals surface area contributed by atoms with Gasteiger partial charge < -0.3 is 5.32 Å². The van der Waals surface area contributed by atoms with Crippen LogP contribution in [0.15, 0.2) is 30.3 Å². The first-order chi connectivity index (χ1) is 8.65. The van der Waals surface area contributed by atoms with Crippen molar-refractivity contribution in [1.29, 1.82) is 0 Å². The molecule has 0 aliphatic carbocycles. The molecule has 0 saturated carbocycles. The first-order valence-corrected chi connectivity index (χ1v) is 7.04. The van der Waals surface area contributed by atoms with E-state index in [-0.39, 0.29) is 0 Å². The summed E-state index contributed by atoms with van der Waals surface area (Å²) in [5.74, 6) is 1.47. The van der Waals surface area contributed by atoms with Gasteiger partial charge in [-0.1, -0.05) is 44.2 Å². The molecule has 0 fully saturated rings. The Morgan fingerprint density at radius 2 is 1.94 bits per heavy atom. The molecule has 0 bridgehead atoms. The van der Waals surface area contributed by atoms with Crippen molar-refractivity contribution in [3.63, 3.8) is 0 Å². The first-order valence-electron chi connectivity index (χ1n) is 6.27. The van der Waals surface area contributed by atoms with Crippen molar-refractivity contribution in [1.82, 2.24) is 9.36 Å². The molecule has 0 radical (unpaired) electrons. The van der Waals surface area contributed by atoms with Gasteiger partial charge in [-0.15, -0.1) is 0 Å².